The maximum atomic E-state index is 10.5. The second kappa shape index (κ2) is 7.41. The Balaban J connectivity index is 2.40. The van der Waals surface area contributed by atoms with Crippen LogP contribution in [-0.2, 0) is 17.0 Å². The van der Waals surface area contributed by atoms with E-state index in [1.165, 1.54) is 0 Å². The fourth-order valence-electron chi connectivity index (χ4n) is 1.43. The first-order valence-electron chi connectivity index (χ1n) is 6.16. The van der Waals surface area contributed by atoms with Gasteiger partial charge in [0.15, 0.2) is 5.82 Å². The van der Waals surface area contributed by atoms with E-state index in [-0.39, 0.29) is 12.3 Å². The van der Waals surface area contributed by atoms with Crippen LogP contribution in [0.2, 0.25) is 0 Å². The van der Waals surface area contributed by atoms with Crippen LogP contribution in [0.5, 0.6) is 0 Å². The molecule has 0 aliphatic heterocycles. The van der Waals surface area contributed by atoms with Gasteiger partial charge in [-0.25, -0.2) is 0 Å². The average Bonchev–Trinajstić information content (AvgIpc) is 2.72. The van der Waals surface area contributed by atoms with Crippen LogP contribution in [0.3, 0.4) is 0 Å². The number of carbonyl (C=O) groups is 1. The first-order chi connectivity index (χ1) is 8.51. The standard InChI is InChI=1S/C12H20N2O3S/c1-4-9(3)18-7-10-13-11(17-14-10)5-8(2)6-12(15)16/h8-9H,4-7H2,1-3H3,(H,15,16). The van der Waals surface area contributed by atoms with Gasteiger partial charge in [-0.1, -0.05) is 25.9 Å². The van der Waals surface area contributed by atoms with Gasteiger partial charge in [0.2, 0.25) is 5.89 Å². The van der Waals surface area contributed by atoms with Gasteiger partial charge in [0.25, 0.3) is 0 Å². The summed E-state index contributed by atoms with van der Waals surface area (Å²) >= 11 is 1.79. The molecule has 0 radical (unpaired) electrons. The molecule has 5 nitrogen and oxygen atoms in total. The summed E-state index contributed by atoms with van der Waals surface area (Å²) in [5, 5.41) is 13.2. The number of rotatable bonds is 8. The molecule has 18 heavy (non-hydrogen) atoms. The fourth-order valence-corrected chi connectivity index (χ4v) is 2.22. The molecule has 102 valence electrons. The molecule has 1 aromatic heterocycles. The molecular weight excluding hydrogens is 252 g/mol. The van der Waals surface area contributed by atoms with E-state index in [4.69, 9.17) is 9.63 Å². The summed E-state index contributed by atoms with van der Waals surface area (Å²) in [6.45, 7) is 6.18. The summed E-state index contributed by atoms with van der Waals surface area (Å²) in [5.41, 5.74) is 0. The van der Waals surface area contributed by atoms with Gasteiger partial charge in [-0.2, -0.15) is 16.7 Å². The fraction of sp³-hybridized carbons (Fsp3) is 0.750. The molecule has 0 aromatic carbocycles. The van der Waals surface area contributed by atoms with E-state index in [2.05, 4.69) is 24.0 Å². The maximum absolute atomic E-state index is 10.5. The molecular formula is C12H20N2O3S. The highest BCUT2D eigenvalue weighted by Gasteiger charge is 2.14. The third-order valence-electron chi connectivity index (χ3n) is 2.63. The number of aromatic nitrogens is 2. The van der Waals surface area contributed by atoms with Crippen LogP contribution in [-0.4, -0.2) is 26.5 Å². The van der Waals surface area contributed by atoms with Crippen LogP contribution >= 0.6 is 11.8 Å². The van der Waals surface area contributed by atoms with E-state index in [0.717, 1.165) is 12.2 Å². The average molecular weight is 272 g/mol. The Bertz CT molecular complexity index is 381. The second-order valence-electron chi connectivity index (χ2n) is 4.54. The van der Waals surface area contributed by atoms with E-state index in [1.54, 1.807) is 11.8 Å². The lowest BCUT2D eigenvalue weighted by Crippen LogP contribution is -2.07. The summed E-state index contributed by atoms with van der Waals surface area (Å²) in [6.07, 6.45) is 1.76. The summed E-state index contributed by atoms with van der Waals surface area (Å²) in [6, 6.07) is 0. The van der Waals surface area contributed by atoms with Crippen LogP contribution in [0.15, 0.2) is 4.52 Å². The summed E-state index contributed by atoms with van der Waals surface area (Å²) in [4.78, 5) is 14.8. The quantitative estimate of drug-likeness (QED) is 0.784. The van der Waals surface area contributed by atoms with Crippen LogP contribution in [0.25, 0.3) is 0 Å². The van der Waals surface area contributed by atoms with Crippen molar-refractivity contribution in [1.29, 1.82) is 0 Å². The van der Waals surface area contributed by atoms with Crippen molar-refractivity contribution in [3.8, 4) is 0 Å². The van der Waals surface area contributed by atoms with Crippen molar-refractivity contribution in [1.82, 2.24) is 10.1 Å². The highest BCUT2D eigenvalue weighted by molar-refractivity contribution is 7.99. The molecule has 1 aromatic rings. The highest BCUT2D eigenvalue weighted by atomic mass is 32.2. The van der Waals surface area contributed by atoms with E-state index < -0.39 is 5.97 Å². The zero-order valence-corrected chi connectivity index (χ0v) is 11.9. The summed E-state index contributed by atoms with van der Waals surface area (Å²) in [5.74, 6) is 1.18. The smallest absolute Gasteiger partial charge is 0.303 e. The second-order valence-corrected chi connectivity index (χ2v) is 5.97. The zero-order valence-electron chi connectivity index (χ0n) is 11.0. The molecule has 6 heteroatoms. The Labute approximate surface area is 111 Å². The lowest BCUT2D eigenvalue weighted by molar-refractivity contribution is -0.137. The van der Waals surface area contributed by atoms with Crippen molar-refractivity contribution >= 4 is 17.7 Å². The molecule has 2 unspecified atom stereocenters. The molecule has 1 N–H and O–H groups in total. The van der Waals surface area contributed by atoms with Crippen molar-refractivity contribution in [2.24, 2.45) is 5.92 Å². The van der Waals surface area contributed by atoms with Crippen LogP contribution in [0, 0.1) is 5.92 Å². The van der Waals surface area contributed by atoms with Gasteiger partial charge in [0.05, 0.1) is 5.75 Å². The lowest BCUT2D eigenvalue weighted by Gasteiger charge is -2.04. The minimum absolute atomic E-state index is 0.0121. The predicted octanol–water partition coefficient (Wildman–Crippen LogP) is 2.75. The van der Waals surface area contributed by atoms with Gasteiger partial charge in [0, 0.05) is 18.1 Å². The summed E-state index contributed by atoms with van der Waals surface area (Å²) in [7, 11) is 0. The Morgan fingerprint density at radius 1 is 1.50 bits per heavy atom. The first-order valence-corrected chi connectivity index (χ1v) is 7.21. The maximum Gasteiger partial charge on any atom is 0.303 e. The Morgan fingerprint density at radius 3 is 2.83 bits per heavy atom. The number of hydrogen-bond donors (Lipinski definition) is 1. The molecule has 0 aliphatic carbocycles. The monoisotopic (exact) mass is 272 g/mol. The molecule has 0 amide bonds. The molecule has 0 saturated heterocycles. The van der Waals surface area contributed by atoms with Gasteiger partial charge < -0.3 is 9.63 Å². The number of nitrogens with zero attached hydrogens (tertiary/aromatic N) is 2. The van der Waals surface area contributed by atoms with Crippen molar-refractivity contribution in [2.45, 2.75) is 51.0 Å². The number of hydrogen-bond acceptors (Lipinski definition) is 5. The molecule has 1 heterocycles. The van der Waals surface area contributed by atoms with Gasteiger partial charge in [-0.05, 0) is 12.3 Å². The predicted molar refractivity (Wildman–Crippen MR) is 70.5 cm³/mol. The van der Waals surface area contributed by atoms with Crippen LogP contribution < -0.4 is 0 Å². The SMILES string of the molecule is CCC(C)SCc1noc(CC(C)CC(=O)O)n1. The Kier molecular flexibility index (Phi) is 6.18. The third kappa shape index (κ3) is 5.53. The van der Waals surface area contributed by atoms with Crippen molar-refractivity contribution in [3.63, 3.8) is 0 Å². The topological polar surface area (TPSA) is 76.2 Å². The minimum atomic E-state index is -0.797. The number of carboxylic acid groups (broad SMARTS) is 1. The molecule has 0 aliphatic rings. The van der Waals surface area contributed by atoms with Crippen LogP contribution in [0.4, 0.5) is 0 Å². The zero-order chi connectivity index (χ0) is 13.5. The minimum Gasteiger partial charge on any atom is -0.481 e. The molecule has 0 bridgehead atoms. The molecule has 1 rings (SSSR count). The van der Waals surface area contributed by atoms with Gasteiger partial charge >= 0.3 is 5.97 Å². The lowest BCUT2D eigenvalue weighted by atomic mass is 10.0. The van der Waals surface area contributed by atoms with Crippen LogP contribution in [0.1, 0.15) is 45.3 Å². The van der Waals surface area contributed by atoms with Crippen molar-refractivity contribution < 1.29 is 14.4 Å². The van der Waals surface area contributed by atoms with Gasteiger partial charge in [-0.3, -0.25) is 4.79 Å². The normalized spacial score (nSPS) is 14.4. The molecule has 0 spiro atoms. The molecule has 0 fully saturated rings. The van der Waals surface area contributed by atoms with Gasteiger partial charge in [0.1, 0.15) is 0 Å². The van der Waals surface area contributed by atoms with E-state index >= 15 is 0 Å². The van der Waals surface area contributed by atoms with Crippen molar-refractivity contribution in [3.05, 3.63) is 11.7 Å². The van der Waals surface area contributed by atoms with Crippen molar-refractivity contribution in [2.75, 3.05) is 0 Å². The molecule has 0 saturated carbocycles. The third-order valence-corrected chi connectivity index (χ3v) is 3.96. The van der Waals surface area contributed by atoms with E-state index in [1.807, 2.05) is 6.92 Å². The number of aliphatic carboxylic acids is 1. The number of carboxylic acids is 1. The molecule has 2 atom stereocenters. The Hall–Kier alpha value is -1.04. The van der Waals surface area contributed by atoms with Gasteiger partial charge in [-0.15, -0.1) is 0 Å². The largest absolute Gasteiger partial charge is 0.481 e. The number of thioether (sulfide) groups is 1. The Morgan fingerprint density at radius 2 is 2.22 bits per heavy atom. The first kappa shape index (κ1) is 15.0. The summed E-state index contributed by atoms with van der Waals surface area (Å²) < 4.78 is 5.12. The van der Waals surface area contributed by atoms with E-state index in [0.29, 0.717) is 23.4 Å². The van der Waals surface area contributed by atoms with E-state index in [9.17, 15) is 4.79 Å². The highest BCUT2D eigenvalue weighted by Crippen LogP contribution is 2.18.